The molecule has 1 aliphatic rings. The Hall–Kier alpha value is -3.69. The molecule has 2 heterocycles. The Bertz CT molecular complexity index is 1260. The van der Waals surface area contributed by atoms with E-state index in [1.54, 1.807) is 11.6 Å². The van der Waals surface area contributed by atoms with Gasteiger partial charge in [0.15, 0.2) is 0 Å². The standard InChI is InChI=1S/C30H38N4O5/c1-4-30(5-2,29(31)36)26-10-8-7-9-24(26)22-11-13-23(14-12-22)34-27(25(21-32-34)28(35)38-6-3)39-20-17-33-15-18-37-19-16-33/h7-14,21H,4-6,15-20H2,1-3H3,(H2,31,36). The van der Waals surface area contributed by atoms with Gasteiger partial charge in [-0.15, -0.1) is 0 Å². The van der Waals surface area contributed by atoms with Gasteiger partial charge >= 0.3 is 5.97 Å². The minimum Gasteiger partial charge on any atom is -0.476 e. The third-order valence-electron chi connectivity index (χ3n) is 7.51. The second-order valence-corrected chi connectivity index (χ2v) is 9.54. The van der Waals surface area contributed by atoms with Gasteiger partial charge in [0.05, 0.1) is 37.1 Å². The number of primary amides is 1. The molecule has 1 fully saturated rings. The molecule has 1 aromatic heterocycles. The van der Waals surface area contributed by atoms with E-state index in [4.69, 9.17) is 19.9 Å². The van der Waals surface area contributed by atoms with E-state index >= 15 is 0 Å². The third kappa shape index (κ3) is 5.99. The third-order valence-corrected chi connectivity index (χ3v) is 7.51. The van der Waals surface area contributed by atoms with Gasteiger partial charge in [-0.05, 0) is 48.6 Å². The molecule has 1 amide bonds. The average molecular weight is 535 g/mol. The fourth-order valence-electron chi connectivity index (χ4n) is 5.15. The van der Waals surface area contributed by atoms with Gasteiger partial charge in [-0.3, -0.25) is 9.69 Å². The molecule has 4 rings (SSSR count). The highest BCUT2D eigenvalue weighted by molar-refractivity contribution is 5.92. The Kier molecular flexibility index (Phi) is 9.37. The summed E-state index contributed by atoms with van der Waals surface area (Å²) in [4.78, 5) is 27.5. The van der Waals surface area contributed by atoms with Crippen LogP contribution in [0.1, 0.15) is 49.5 Å². The summed E-state index contributed by atoms with van der Waals surface area (Å²) in [7, 11) is 0. The molecule has 1 aliphatic heterocycles. The number of aromatic nitrogens is 2. The van der Waals surface area contributed by atoms with E-state index in [2.05, 4.69) is 10.00 Å². The smallest absolute Gasteiger partial charge is 0.345 e. The van der Waals surface area contributed by atoms with Gasteiger partial charge < -0.3 is 19.9 Å². The van der Waals surface area contributed by atoms with Crippen molar-refractivity contribution < 1.29 is 23.8 Å². The Labute approximate surface area is 229 Å². The Morgan fingerprint density at radius 3 is 2.36 bits per heavy atom. The van der Waals surface area contributed by atoms with Crippen LogP contribution in [0.15, 0.2) is 54.7 Å². The molecule has 0 spiro atoms. The van der Waals surface area contributed by atoms with E-state index in [9.17, 15) is 9.59 Å². The quantitative estimate of drug-likeness (QED) is 0.350. The molecule has 2 N–H and O–H groups in total. The maximum Gasteiger partial charge on any atom is 0.345 e. The maximum atomic E-state index is 12.6. The van der Waals surface area contributed by atoms with Crippen molar-refractivity contribution in [1.82, 2.24) is 14.7 Å². The monoisotopic (exact) mass is 534 g/mol. The van der Waals surface area contributed by atoms with Crippen molar-refractivity contribution in [2.45, 2.75) is 39.0 Å². The van der Waals surface area contributed by atoms with E-state index < -0.39 is 11.4 Å². The summed E-state index contributed by atoms with van der Waals surface area (Å²) < 4.78 is 18.4. The average Bonchev–Trinajstić information content (AvgIpc) is 3.39. The summed E-state index contributed by atoms with van der Waals surface area (Å²) in [6.45, 7) is 10.2. The molecule has 0 unspecified atom stereocenters. The number of hydrogen-bond donors (Lipinski definition) is 1. The van der Waals surface area contributed by atoms with Crippen LogP contribution >= 0.6 is 0 Å². The second kappa shape index (κ2) is 12.9. The summed E-state index contributed by atoms with van der Waals surface area (Å²) in [5.74, 6) is -0.448. The highest BCUT2D eigenvalue weighted by Gasteiger charge is 2.36. The van der Waals surface area contributed by atoms with Crippen LogP contribution in [0.5, 0.6) is 5.88 Å². The molecule has 0 atom stereocenters. The van der Waals surface area contributed by atoms with Gasteiger partial charge in [-0.2, -0.15) is 5.10 Å². The summed E-state index contributed by atoms with van der Waals surface area (Å²) in [6.07, 6.45) is 2.71. The number of ether oxygens (including phenoxy) is 3. The van der Waals surface area contributed by atoms with E-state index in [1.807, 2.05) is 62.4 Å². The predicted molar refractivity (Wildman–Crippen MR) is 149 cm³/mol. The number of amides is 1. The highest BCUT2D eigenvalue weighted by Crippen LogP contribution is 2.38. The molecule has 9 nitrogen and oxygen atoms in total. The first-order valence-electron chi connectivity index (χ1n) is 13.6. The fraction of sp³-hybridized carbons (Fsp3) is 0.433. The van der Waals surface area contributed by atoms with Crippen LogP contribution in [0.25, 0.3) is 16.8 Å². The van der Waals surface area contributed by atoms with Crippen molar-refractivity contribution in [3.05, 3.63) is 65.9 Å². The number of benzene rings is 2. The number of morpholine rings is 1. The Morgan fingerprint density at radius 2 is 1.72 bits per heavy atom. The van der Waals surface area contributed by atoms with Crippen LogP contribution in [0.4, 0.5) is 0 Å². The SMILES string of the molecule is CCOC(=O)c1cnn(-c2ccc(-c3ccccc3C(CC)(CC)C(N)=O)cc2)c1OCCN1CCOCC1. The largest absolute Gasteiger partial charge is 0.476 e. The molecule has 3 aromatic rings. The van der Waals surface area contributed by atoms with Crippen LogP contribution < -0.4 is 10.5 Å². The first-order valence-corrected chi connectivity index (χ1v) is 13.6. The van der Waals surface area contributed by atoms with E-state index in [1.165, 1.54) is 6.20 Å². The van der Waals surface area contributed by atoms with Crippen molar-refractivity contribution >= 4 is 11.9 Å². The van der Waals surface area contributed by atoms with Gasteiger partial charge in [0.25, 0.3) is 0 Å². The zero-order valence-electron chi connectivity index (χ0n) is 23.0. The summed E-state index contributed by atoms with van der Waals surface area (Å²) >= 11 is 0. The molecule has 39 heavy (non-hydrogen) atoms. The molecule has 208 valence electrons. The lowest BCUT2D eigenvalue weighted by atomic mass is 9.72. The number of nitrogens with zero attached hydrogens (tertiary/aromatic N) is 3. The lowest BCUT2D eigenvalue weighted by Gasteiger charge is -2.31. The fourth-order valence-corrected chi connectivity index (χ4v) is 5.15. The number of carbonyl (C=O) groups excluding carboxylic acids is 2. The summed E-state index contributed by atoms with van der Waals surface area (Å²) in [5.41, 5.74) is 9.02. The number of rotatable bonds is 12. The Balaban J connectivity index is 1.64. The van der Waals surface area contributed by atoms with Gasteiger partial charge in [-0.25, -0.2) is 9.48 Å². The minimum absolute atomic E-state index is 0.258. The van der Waals surface area contributed by atoms with Crippen molar-refractivity contribution in [2.24, 2.45) is 5.73 Å². The molecule has 0 radical (unpaired) electrons. The molecular weight excluding hydrogens is 496 g/mol. The molecule has 2 aromatic carbocycles. The summed E-state index contributed by atoms with van der Waals surface area (Å²) in [5, 5.41) is 4.46. The lowest BCUT2D eigenvalue weighted by Crippen LogP contribution is -2.40. The zero-order chi connectivity index (χ0) is 27.8. The molecule has 0 bridgehead atoms. The van der Waals surface area contributed by atoms with Gasteiger partial charge in [0, 0.05) is 19.6 Å². The molecule has 9 heteroatoms. The van der Waals surface area contributed by atoms with E-state index in [0.717, 1.165) is 35.5 Å². The van der Waals surface area contributed by atoms with Gasteiger partial charge in [0.1, 0.15) is 12.2 Å². The molecular formula is C30H38N4O5. The van der Waals surface area contributed by atoms with Crippen molar-refractivity contribution in [1.29, 1.82) is 0 Å². The predicted octanol–water partition coefficient (Wildman–Crippen LogP) is 3.97. The summed E-state index contributed by atoms with van der Waals surface area (Å²) in [6, 6.07) is 15.7. The molecule has 1 saturated heterocycles. The number of esters is 1. The number of nitrogens with two attached hydrogens (primary N) is 1. The van der Waals surface area contributed by atoms with Crippen molar-refractivity contribution in [3.63, 3.8) is 0 Å². The van der Waals surface area contributed by atoms with Crippen LogP contribution in [-0.4, -0.2) is 72.6 Å². The lowest BCUT2D eigenvalue weighted by molar-refractivity contribution is -0.123. The molecule has 0 aliphatic carbocycles. The van der Waals surface area contributed by atoms with E-state index in [0.29, 0.717) is 45.1 Å². The highest BCUT2D eigenvalue weighted by atomic mass is 16.5. The maximum absolute atomic E-state index is 12.6. The van der Waals surface area contributed by atoms with Crippen molar-refractivity contribution in [3.8, 4) is 22.7 Å². The van der Waals surface area contributed by atoms with E-state index in [-0.39, 0.29) is 18.1 Å². The van der Waals surface area contributed by atoms with Gasteiger partial charge in [0.2, 0.25) is 11.8 Å². The van der Waals surface area contributed by atoms with Crippen LogP contribution in [0, 0.1) is 0 Å². The number of carbonyl (C=O) groups is 2. The minimum atomic E-state index is -0.743. The van der Waals surface area contributed by atoms with Gasteiger partial charge in [-0.1, -0.05) is 50.2 Å². The first-order chi connectivity index (χ1) is 18.9. The number of hydrogen-bond acceptors (Lipinski definition) is 7. The first kappa shape index (κ1) is 28.3. The van der Waals surface area contributed by atoms with Crippen LogP contribution in [0.2, 0.25) is 0 Å². The second-order valence-electron chi connectivity index (χ2n) is 9.54. The Morgan fingerprint density at radius 1 is 1.03 bits per heavy atom. The topological polar surface area (TPSA) is 109 Å². The van der Waals surface area contributed by atoms with Crippen molar-refractivity contribution in [2.75, 3.05) is 46.1 Å². The van der Waals surface area contributed by atoms with Crippen LogP contribution in [-0.2, 0) is 19.7 Å². The zero-order valence-corrected chi connectivity index (χ0v) is 23.0. The molecule has 0 saturated carbocycles. The van der Waals surface area contributed by atoms with Crippen LogP contribution in [0.3, 0.4) is 0 Å². The normalized spacial score (nSPS) is 14.2.